The number of hydrogen-bond donors (Lipinski definition) is 1. The molecule has 2 heteroatoms. The summed E-state index contributed by atoms with van der Waals surface area (Å²) < 4.78 is 0. The molecule has 0 aliphatic heterocycles. The summed E-state index contributed by atoms with van der Waals surface area (Å²) >= 11 is 0. The zero-order valence-corrected chi connectivity index (χ0v) is 11.0. The molecule has 0 aromatic rings. The third kappa shape index (κ3) is 17.0. The summed E-state index contributed by atoms with van der Waals surface area (Å²) in [5, 5.41) is 3.54. The van der Waals surface area contributed by atoms with Crippen molar-refractivity contribution in [1.82, 2.24) is 5.32 Å². The minimum absolute atomic E-state index is 0. The van der Waals surface area contributed by atoms with Gasteiger partial charge in [0.05, 0.1) is 0 Å². The Morgan fingerprint density at radius 3 is 1.31 bits per heavy atom. The summed E-state index contributed by atoms with van der Waals surface area (Å²) in [6.07, 6.45) is 13.9. The molecule has 0 fully saturated rings. The van der Waals surface area contributed by atoms with Gasteiger partial charge in [0.25, 0.3) is 0 Å². The van der Waals surface area contributed by atoms with Crippen molar-refractivity contribution in [3.8, 4) is 0 Å². The van der Waals surface area contributed by atoms with Gasteiger partial charge in [-0.1, -0.05) is 65.2 Å². The monoisotopic (exact) mass is 221 g/mol. The van der Waals surface area contributed by atoms with Crippen molar-refractivity contribution in [3.63, 3.8) is 0 Å². The van der Waals surface area contributed by atoms with Gasteiger partial charge < -0.3 is 5.32 Å². The number of rotatable bonds is 12. The first kappa shape index (κ1) is 18.9. The molecule has 0 unspecified atom stereocenters. The van der Waals surface area contributed by atoms with Gasteiger partial charge in [0.1, 0.15) is 0 Å². The molecular weight excluding hydrogens is 189 g/mol. The van der Waals surface area contributed by atoms with E-state index in [1.165, 1.54) is 77.3 Å². The van der Waals surface area contributed by atoms with Crippen LogP contribution in [0.4, 0.5) is 0 Å². The standard InChI is InChI=1S/C14H31N.Li.H/c1-3-5-7-9-11-13-15-14-12-10-8-6-4-2;;/h15H,3-14H2,1-2H3;;. The molecule has 1 N–H and O–H groups in total. The van der Waals surface area contributed by atoms with Crippen LogP contribution in [0.2, 0.25) is 0 Å². The van der Waals surface area contributed by atoms with E-state index in [9.17, 15) is 0 Å². The summed E-state index contributed by atoms with van der Waals surface area (Å²) in [6.45, 7) is 7.01. The fourth-order valence-corrected chi connectivity index (χ4v) is 1.83. The molecule has 0 bridgehead atoms. The predicted octanol–water partition coefficient (Wildman–Crippen LogP) is 3.87. The second-order valence-corrected chi connectivity index (χ2v) is 4.58. The summed E-state index contributed by atoms with van der Waals surface area (Å²) in [5.74, 6) is 0. The van der Waals surface area contributed by atoms with Crippen LogP contribution in [0.5, 0.6) is 0 Å². The van der Waals surface area contributed by atoms with Crippen molar-refractivity contribution < 1.29 is 0 Å². The van der Waals surface area contributed by atoms with Gasteiger partial charge in [0, 0.05) is 0 Å². The van der Waals surface area contributed by atoms with Gasteiger partial charge in [-0.05, 0) is 25.9 Å². The fraction of sp³-hybridized carbons (Fsp3) is 1.00. The van der Waals surface area contributed by atoms with Crippen molar-refractivity contribution >= 4 is 18.9 Å². The molecule has 0 heterocycles. The second kappa shape index (κ2) is 17.9. The number of hydrogen-bond acceptors (Lipinski definition) is 1. The Balaban J connectivity index is 0. The van der Waals surface area contributed by atoms with E-state index in [1.54, 1.807) is 0 Å². The molecular formula is C14H32LiN. The van der Waals surface area contributed by atoms with Gasteiger partial charge >= 0.3 is 18.9 Å². The molecule has 1 nitrogen and oxygen atoms in total. The van der Waals surface area contributed by atoms with Crippen LogP contribution in [0.3, 0.4) is 0 Å². The van der Waals surface area contributed by atoms with Gasteiger partial charge in [-0.25, -0.2) is 0 Å². The van der Waals surface area contributed by atoms with Gasteiger partial charge in [-0.2, -0.15) is 0 Å². The molecule has 0 saturated heterocycles. The fourth-order valence-electron chi connectivity index (χ4n) is 1.83. The van der Waals surface area contributed by atoms with Crippen molar-refractivity contribution in [2.75, 3.05) is 13.1 Å². The normalized spacial score (nSPS) is 10.1. The Labute approximate surface area is 115 Å². The Morgan fingerprint density at radius 2 is 0.938 bits per heavy atom. The van der Waals surface area contributed by atoms with E-state index in [-0.39, 0.29) is 18.9 Å². The number of unbranched alkanes of at least 4 members (excludes halogenated alkanes) is 8. The molecule has 0 atom stereocenters. The topological polar surface area (TPSA) is 12.0 Å². The van der Waals surface area contributed by atoms with Crippen LogP contribution < -0.4 is 5.32 Å². The molecule has 94 valence electrons. The summed E-state index contributed by atoms with van der Waals surface area (Å²) in [7, 11) is 0. The van der Waals surface area contributed by atoms with Gasteiger partial charge in [-0.15, -0.1) is 0 Å². The van der Waals surface area contributed by atoms with Crippen LogP contribution in [-0.2, 0) is 0 Å². The molecule has 0 amide bonds. The molecule has 0 aliphatic rings. The molecule has 0 spiro atoms. The Morgan fingerprint density at radius 1 is 0.562 bits per heavy atom. The molecule has 0 saturated carbocycles. The summed E-state index contributed by atoms with van der Waals surface area (Å²) in [5.41, 5.74) is 0. The minimum atomic E-state index is 0. The van der Waals surface area contributed by atoms with Gasteiger partial charge in [0.2, 0.25) is 0 Å². The molecule has 0 aromatic carbocycles. The van der Waals surface area contributed by atoms with Crippen molar-refractivity contribution in [1.29, 1.82) is 0 Å². The Hall–Kier alpha value is 0.557. The van der Waals surface area contributed by atoms with E-state index < -0.39 is 0 Å². The van der Waals surface area contributed by atoms with Gasteiger partial charge in [-0.3, -0.25) is 0 Å². The van der Waals surface area contributed by atoms with Crippen LogP contribution in [0.15, 0.2) is 0 Å². The van der Waals surface area contributed by atoms with Crippen molar-refractivity contribution in [3.05, 3.63) is 0 Å². The maximum atomic E-state index is 3.54. The zero-order chi connectivity index (χ0) is 11.2. The van der Waals surface area contributed by atoms with E-state index in [4.69, 9.17) is 0 Å². The zero-order valence-electron chi connectivity index (χ0n) is 11.0. The van der Waals surface area contributed by atoms with Gasteiger partial charge in [0.15, 0.2) is 0 Å². The van der Waals surface area contributed by atoms with E-state index in [1.807, 2.05) is 0 Å². The SMILES string of the molecule is CCCCCCCNCCCCCCC.[LiH]. The molecule has 16 heavy (non-hydrogen) atoms. The summed E-state index contributed by atoms with van der Waals surface area (Å²) in [6, 6.07) is 0. The molecule has 0 aliphatic carbocycles. The predicted molar refractivity (Wildman–Crippen MR) is 77.5 cm³/mol. The van der Waals surface area contributed by atoms with Crippen LogP contribution >= 0.6 is 0 Å². The van der Waals surface area contributed by atoms with E-state index >= 15 is 0 Å². The van der Waals surface area contributed by atoms with Crippen LogP contribution in [-0.4, -0.2) is 32.0 Å². The summed E-state index contributed by atoms with van der Waals surface area (Å²) in [4.78, 5) is 0. The number of nitrogens with one attached hydrogen (secondary N) is 1. The first-order chi connectivity index (χ1) is 7.41. The molecule has 0 radical (unpaired) electrons. The van der Waals surface area contributed by atoms with E-state index in [2.05, 4.69) is 19.2 Å². The van der Waals surface area contributed by atoms with Crippen LogP contribution in [0, 0.1) is 0 Å². The first-order valence-electron chi connectivity index (χ1n) is 7.12. The van der Waals surface area contributed by atoms with Crippen LogP contribution in [0.1, 0.15) is 78.1 Å². The van der Waals surface area contributed by atoms with Crippen molar-refractivity contribution in [2.24, 2.45) is 0 Å². The molecule has 0 aromatic heterocycles. The average molecular weight is 221 g/mol. The van der Waals surface area contributed by atoms with Crippen molar-refractivity contribution in [2.45, 2.75) is 78.1 Å². The average Bonchev–Trinajstić information content (AvgIpc) is 2.26. The first-order valence-corrected chi connectivity index (χ1v) is 7.12. The maximum absolute atomic E-state index is 3.54. The van der Waals surface area contributed by atoms with E-state index in [0.29, 0.717) is 0 Å². The molecule has 0 rings (SSSR count). The Kier molecular flexibility index (Phi) is 21.2. The Bertz CT molecular complexity index is 94.9. The third-order valence-electron chi connectivity index (χ3n) is 2.91. The second-order valence-electron chi connectivity index (χ2n) is 4.58. The van der Waals surface area contributed by atoms with Crippen LogP contribution in [0.25, 0.3) is 0 Å². The van der Waals surface area contributed by atoms with E-state index in [0.717, 1.165) is 0 Å². The third-order valence-corrected chi connectivity index (χ3v) is 2.91. The quantitative estimate of drug-likeness (QED) is 0.390.